The van der Waals surface area contributed by atoms with Crippen LogP contribution in [0.5, 0.6) is 0 Å². The van der Waals surface area contributed by atoms with Gasteiger partial charge in [0.25, 0.3) is 0 Å². The Hall–Kier alpha value is 0.217. The average molecular weight is 157 g/mol. The van der Waals surface area contributed by atoms with Gasteiger partial charge >= 0.3 is 0 Å². The van der Waals surface area contributed by atoms with Crippen molar-refractivity contribution in [2.75, 3.05) is 0 Å². The highest BCUT2D eigenvalue weighted by atomic mass is 28.2. The zero-order valence-corrected chi connectivity index (χ0v) is 8.68. The molecule has 0 saturated carbocycles. The molecule has 0 fully saturated rings. The van der Waals surface area contributed by atoms with Crippen molar-refractivity contribution >= 4 is 9.52 Å². The molecule has 0 aromatic heterocycles. The average Bonchev–Trinajstić information content (AvgIpc) is 1.97. The molecule has 0 saturated heterocycles. The van der Waals surface area contributed by atoms with Crippen LogP contribution >= 0.6 is 0 Å². The summed E-state index contributed by atoms with van der Waals surface area (Å²) in [5.74, 6) is 0. The number of hydrogen-bond acceptors (Lipinski definition) is 0. The van der Waals surface area contributed by atoms with Crippen LogP contribution in [0.2, 0.25) is 12.1 Å². The van der Waals surface area contributed by atoms with Crippen LogP contribution in [-0.4, -0.2) is 9.52 Å². The van der Waals surface area contributed by atoms with Gasteiger partial charge < -0.3 is 0 Å². The van der Waals surface area contributed by atoms with Crippen molar-refractivity contribution < 1.29 is 0 Å². The lowest BCUT2D eigenvalue weighted by molar-refractivity contribution is 0.655. The van der Waals surface area contributed by atoms with Crippen LogP contribution in [0.4, 0.5) is 0 Å². The van der Waals surface area contributed by atoms with Crippen LogP contribution < -0.4 is 0 Å². The van der Waals surface area contributed by atoms with Crippen molar-refractivity contribution in [3.8, 4) is 0 Å². The van der Waals surface area contributed by atoms with E-state index in [4.69, 9.17) is 0 Å². The van der Waals surface area contributed by atoms with Gasteiger partial charge in [-0.05, 0) is 0 Å². The third kappa shape index (κ3) is 8.22. The topological polar surface area (TPSA) is 0 Å². The highest BCUT2D eigenvalue weighted by Gasteiger charge is 1.88. The summed E-state index contributed by atoms with van der Waals surface area (Å²) in [5.41, 5.74) is 0. The Bertz CT molecular complexity index is 44.7. The summed E-state index contributed by atoms with van der Waals surface area (Å²) in [7, 11) is 0.807. The lowest BCUT2D eigenvalue weighted by Crippen LogP contribution is -1.85. The molecule has 0 amide bonds. The summed E-state index contributed by atoms with van der Waals surface area (Å²) in [6.07, 6.45) is 7.28. The molecule has 0 spiro atoms. The molecular formula is C9H21Si. The Balaban J connectivity index is 2.65. The zero-order valence-electron chi connectivity index (χ0n) is 7.53. The van der Waals surface area contributed by atoms with Crippen molar-refractivity contribution in [1.82, 2.24) is 0 Å². The van der Waals surface area contributed by atoms with Gasteiger partial charge in [-0.1, -0.05) is 58.0 Å². The van der Waals surface area contributed by atoms with E-state index in [1.165, 1.54) is 38.1 Å². The van der Waals surface area contributed by atoms with E-state index in [2.05, 4.69) is 13.8 Å². The Morgan fingerprint density at radius 3 is 2.20 bits per heavy atom. The van der Waals surface area contributed by atoms with E-state index in [0.29, 0.717) is 0 Å². The van der Waals surface area contributed by atoms with Gasteiger partial charge in [-0.25, -0.2) is 0 Å². The third-order valence-electron chi connectivity index (χ3n) is 1.80. The van der Waals surface area contributed by atoms with E-state index in [1.54, 1.807) is 6.04 Å². The predicted molar refractivity (Wildman–Crippen MR) is 51.2 cm³/mol. The second kappa shape index (κ2) is 9.22. The highest BCUT2D eigenvalue weighted by Crippen LogP contribution is 2.04. The maximum atomic E-state index is 2.31. The van der Waals surface area contributed by atoms with Crippen molar-refractivity contribution in [2.24, 2.45) is 0 Å². The monoisotopic (exact) mass is 157 g/mol. The first kappa shape index (κ1) is 10.2. The molecule has 0 rings (SSSR count). The summed E-state index contributed by atoms with van der Waals surface area (Å²) in [4.78, 5) is 0. The molecule has 0 atom stereocenters. The Morgan fingerprint density at radius 2 is 1.60 bits per heavy atom. The quantitative estimate of drug-likeness (QED) is 0.393. The first-order chi connectivity index (χ1) is 4.91. The van der Waals surface area contributed by atoms with Crippen LogP contribution in [0.15, 0.2) is 0 Å². The van der Waals surface area contributed by atoms with E-state index >= 15 is 0 Å². The van der Waals surface area contributed by atoms with Crippen LogP contribution in [0, 0.1) is 0 Å². The van der Waals surface area contributed by atoms with Gasteiger partial charge in [0.2, 0.25) is 0 Å². The molecule has 0 heterocycles. The normalized spacial score (nSPS) is 10.2. The summed E-state index contributed by atoms with van der Waals surface area (Å²) in [6.45, 7) is 4.58. The van der Waals surface area contributed by atoms with E-state index in [0.717, 1.165) is 9.52 Å². The molecule has 0 N–H and O–H groups in total. The fraction of sp³-hybridized carbons (Fsp3) is 1.00. The maximum Gasteiger partial charge on any atom is 0.0277 e. The molecular weight excluding hydrogens is 136 g/mol. The Kier molecular flexibility index (Phi) is 9.42. The van der Waals surface area contributed by atoms with E-state index < -0.39 is 0 Å². The van der Waals surface area contributed by atoms with Gasteiger partial charge in [0.1, 0.15) is 0 Å². The fourth-order valence-electron chi connectivity index (χ4n) is 1.10. The second-order valence-electron chi connectivity index (χ2n) is 2.90. The minimum Gasteiger partial charge on any atom is -0.0682 e. The number of hydrogen-bond donors (Lipinski definition) is 0. The van der Waals surface area contributed by atoms with E-state index in [1.807, 2.05) is 0 Å². The summed E-state index contributed by atoms with van der Waals surface area (Å²) < 4.78 is 0. The lowest BCUT2D eigenvalue weighted by atomic mass is 10.2. The minimum absolute atomic E-state index is 0.807. The van der Waals surface area contributed by atoms with Crippen LogP contribution in [0.25, 0.3) is 0 Å². The highest BCUT2D eigenvalue weighted by molar-refractivity contribution is 6.35. The fourth-order valence-corrected chi connectivity index (χ4v) is 2.08. The molecule has 0 bridgehead atoms. The zero-order chi connectivity index (χ0) is 7.66. The molecule has 1 radical (unpaired) electrons. The molecule has 1 heteroatoms. The molecule has 0 aromatic rings. The largest absolute Gasteiger partial charge is 0.0682 e. The van der Waals surface area contributed by atoms with Crippen LogP contribution in [0.3, 0.4) is 0 Å². The smallest absolute Gasteiger partial charge is 0.0277 e. The molecule has 0 aliphatic rings. The van der Waals surface area contributed by atoms with Crippen LogP contribution in [0.1, 0.15) is 46.0 Å². The molecule has 0 unspecified atom stereocenters. The lowest BCUT2D eigenvalue weighted by Gasteiger charge is -1.97. The van der Waals surface area contributed by atoms with Crippen LogP contribution in [-0.2, 0) is 0 Å². The molecule has 0 aliphatic heterocycles. The summed E-state index contributed by atoms with van der Waals surface area (Å²) >= 11 is 0. The number of rotatable bonds is 7. The van der Waals surface area contributed by atoms with Crippen molar-refractivity contribution in [3.63, 3.8) is 0 Å². The SMILES string of the molecule is CCCCCCC[SiH]CC. The summed E-state index contributed by atoms with van der Waals surface area (Å²) in [5, 5.41) is 0. The molecule has 10 heavy (non-hydrogen) atoms. The maximum absolute atomic E-state index is 2.31. The first-order valence-electron chi connectivity index (χ1n) is 4.73. The van der Waals surface area contributed by atoms with Gasteiger partial charge in [-0.3, -0.25) is 0 Å². The molecule has 61 valence electrons. The van der Waals surface area contributed by atoms with E-state index in [9.17, 15) is 0 Å². The molecule has 0 nitrogen and oxygen atoms in total. The van der Waals surface area contributed by atoms with Crippen molar-refractivity contribution in [2.45, 2.75) is 58.0 Å². The van der Waals surface area contributed by atoms with Gasteiger partial charge in [0.15, 0.2) is 0 Å². The van der Waals surface area contributed by atoms with Gasteiger partial charge in [0.05, 0.1) is 0 Å². The van der Waals surface area contributed by atoms with E-state index in [-0.39, 0.29) is 0 Å². The summed E-state index contributed by atoms with van der Waals surface area (Å²) in [6, 6.07) is 2.99. The standard InChI is InChI=1S/C9H21Si/c1-3-5-6-7-8-9-10-4-2/h10H,3-9H2,1-2H3. The Morgan fingerprint density at radius 1 is 0.900 bits per heavy atom. The first-order valence-corrected chi connectivity index (χ1v) is 6.36. The minimum atomic E-state index is 0.807. The predicted octanol–water partition coefficient (Wildman–Crippen LogP) is 3.25. The molecule has 0 aliphatic carbocycles. The Labute approximate surface area is 68.2 Å². The second-order valence-corrected chi connectivity index (χ2v) is 4.87. The van der Waals surface area contributed by atoms with Gasteiger partial charge in [0, 0.05) is 9.52 Å². The third-order valence-corrected chi connectivity index (χ3v) is 3.19. The number of unbranched alkanes of at least 4 members (excludes halogenated alkanes) is 4. The van der Waals surface area contributed by atoms with Crippen molar-refractivity contribution in [1.29, 1.82) is 0 Å². The van der Waals surface area contributed by atoms with Crippen molar-refractivity contribution in [3.05, 3.63) is 0 Å². The van der Waals surface area contributed by atoms with Gasteiger partial charge in [-0.2, -0.15) is 0 Å². The molecule has 0 aromatic carbocycles. The van der Waals surface area contributed by atoms with Gasteiger partial charge in [-0.15, -0.1) is 0 Å².